The van der Waals surface area contributed by atoms with Gasteiger partial charge in [0.2, 0.25) is 0 Å². The fraction of sp³-hybridized carbons (Fsp3) is 0.0625. The SMILES string of the molecule is Cc1ccc(-n2[c]cc(-c3ccccc3)n2)cc1. The summed E-state index contributed by atoms with van der Waals surface area (Å²) in [6.07, 6.45) is 3.15. The Bertz CT molecular complexity index is 636. The van der Waals surface area contributed by atoms with Crippen molar-refractivity contribution in [1.29, 1.82) is 0 Å². The Balaban J connectivity index is 1.97. The van der Waals surface area contributed by atoms with E-state index in [-0.39, 0.29) is 0 Å². The minimum absolute atomic E-state index is 0.941. The maximum Gasteiger partial charge on any atom is 0.0934 e. The van der Waals surface area contributed by atoms with Crippen molar-refractivity contribution in [3.63, 3.8) is 0 Å². The molecule has 1 heterocycles. The molecule has 0 spiro atoms. The van der Waals surface area contributed by atoms with E-state index in [9.17, 15) is 0 Å². The first kappa shape index (κ1) is 10.8. The van der Waals surface area contributed by atoms with Crippen molar-refractivity contribution in [2.75, 3.05) is 0 Å². The van der Waals surface area contributed by atoms with Gasteiger partial charge in [0.15, 0.2) is 0 Å². The highest BCUT2D eigenvalue weighted by Gasteiger charge is 2.03. The summed E-state index contributed by atoms with van der Waals surface area (Å²) in [6.45, 7) is 2.08. The molecule has 1 radical (unpaired) electrons. The Kier molecular flexibility index (Phi) is 2.69. The zero-order chi connectivity index (χ0) is 12.4. The van der Waals surface area contributed by atoms with Gasteiger partial charge in [-0.3, -0.25) is 0 Å². The molecule has 0 aliphatic heterocycles. The minimum Gasteiger partial charge on any atom is -0.231 e. The summed E-state index contributed by atoms with van der Waals surface area (Å²) >= 11 is 0. The first-order chi connectivity index (χ1) is 8.83. The van der Waals surface area contributed by atoms with Crippen molar-refractivity contribution in [3.05, 3.63) is 72.4 Å². The van der Waals surface area contributed by atoms with Crippen LogP contribution >= 0.6 is 0 Å². The van der Waals surface area contributed by atoms with E-state index in [0.29, 0.717) is 0 Å². The molecule has 87 valence electrons. The van der Waals surface area contributed by atoms with Crippen molar-refractivity contribution >= 4 is 0 Å². The fourth-order valence-electron chi connectivity index (χ4n) is 1.86. The smallest absolute Gasteiger partial charge is 0.0934 e. The standard InChI is InChI=1S/C16H13N2/c1-13-7-9-15(10-8-13)18-12-11-16(17-18)14-5-3-2-4-6-14/h2-11H,1H3. The van der Waals surface area contributed by atoms with Gasteiger partial charge in [-0.25, -0.2) is 4.68 Å². The highest BCUT2D eigenvalue weighted by Crippen LogP contribution is 2.17. The summed E-state index contributed by atoms with van der Waals surface area (Å²) in [7, 11) is 0. The maximum atomic E-state index is 4.54. The minimum atomic E-state index is 0.941. The summed E-state index contributed by atoms with van der Waals surface area (Å²) in [5.41, 5.74) is 4.33. The molecule has 0 saturated carbocycles. The van der Waals surface area contributed by atoms with Crippen molar-refractivity contribution in [2.45, 2.75) is 6.92 Å². The predicted octanol–water partition coefficient (Wildman–Crippen LogP) is 3.65. The van der Waals surface area contributed by atoms with Crippen LogP contribution in [0.25, 0.3) is 16.9 Å². The molecule has 2 aromatic carbocycles. The second-order valence-electron chi connectivity index (χ2n) is 4.27. The number of hydrogen-bond acceptors (Lipinski definition) is 1. The van der Waals surface area contributed by atoms with Crippen LogP contribution in [0.3, 0.4) is 0 Å². The molecular weight excluding hydrogens is 220 g/mol. The van der Waals surface area contributed by atoms with Crippen molar-refractivity contribution < 1.29 is 0 Å². The molecule has 2 nitrogen and oxygen atoms in total. The molecule has 0 atom stereocenters. The van der Waals surface area contributed by atoms with Gasteiger partial charge in [0.1, 0.15) is 0 Å². The first-order valence-corrected chi connectivity index (χ1v) is 5.93. The van der Waals surface area contributed by atoms with E-state index >= 15 is 0 Å². The molecule has 0 aliphatic carbocycles. The summed E-state index contributed by atoms with van der Waals surface area (Å²) < 4.78 is 1.78. The predicted molar refractivity (Wildman–Crippen MR) is 72.6 cm³/mol. The van der Waals surface area contributed by atoms with Crippen LogP contribution in [0.2, 0.25) is 0 Å². The lowest BCUT2D eigenvalue weighted by atomic mass is 10.2. The number of hydrogen-bond donors (Lipinski definition) is 0. The lowest BCUT2D eigenvalue weighted by Crippen LogP contribution is -1.95. The summed E-state index contributed by atoms with van der Waals surface area (Å²) in [5, 5.41) is 4.54. The molecule has 18 heavy (non-hydrogen) atoms. The van der Waals surface area contributed by atoms with Crippen LogP contribution in [0.5, 0.6) is 0 Å². The van der Waals surface area contributed by atoms with Crippen LogP contribution in [0.4, 0.5) is 0 Å². The van der Waals surface area contributed by atoms with Gasteiger partial charge in [-0.1, -0.05) is 48.0 Å². The number of aryl methyl sites for hydroxylation is 1. The Morgan fingerprint density at radius 1 is 0.944 bits per heavy atom. The zero-order valence-electron chi connectivity index (χ0n) is 10.2. The third-order valence-electron chi connectivity index (χ3n) is 2.88. The van der Waals surface area contributed by atoms with Gasteiger partial charge in [-0.05, 0) is 25.1 Å². The molecule has 2 heteroatoms. The summed E-state index contributed by atoms with van der Waals surface area (Å²) in [5.74, 6) is 0. The monoisotopic (exact) mass is 233 g/mol. The topological polar surface area (TPSA) is 17.8 Å². The Labute approximate surface area is 107 Å². The van der Waals surface area contributed by atoms with Crippen molar-refractivity contribution in [3.8, 4) is 16.9 Å². The molecule has 0 unspecified atom stereocenters. The van der Waals surface area contributed by atoms with E-state index in [4.69, 9.17) is 0 Å². The summed E-state index contributed by atoms with van der Waals surface area (Å²) in [6, 6.07) is 20.3. The van der Waals surface area contributed by atoms with Gasteiger partial charge in [0, 0.05) is 5.56 Å². The van der Waals surface area contributed by atoms with Crippen molar-refractivity contribution in [2.24, 2.45) is 0 Å². The third kappa shape index (κ3) is 2.05. The van der Waals surface area contributed by atoms with Crippen LogP contribution in [-0.2, 0) is 0 Å². The average Bonchev–Trinajstić information content (AvgIpc) is 2.90. The van der Waals surface area contributed by atoms with E-state index in [0.717, 1.165) is 16.9 Å². The van der Waals surface area contributed by atoms with Crippen LogP contribution in [0.1, 0.15) is 5.56 Å². The largest absolute Gasteiger partial charge is 0.231 e. The Morgan fingerprint density at radius 3 is 2.39 bits per heavy atom. The van der Waals surface area contributed by atoms with Crippen LogP contribution < -0.4 is 0 Å². The van der Waals surface area contributed by atoms with Gasteiger partial charge in [-0.15, -0.1) is 0 Å². The van der Waals surface area contributed by atoms with E-state index in [2.05, 4.69) is 42.5 Å². The Hall–Kier alpha value is -2.35. The molecule has 0 aliphatic rings. The average molecular weight is 233 g/mol. The molecule has 0 bridgehead atoms. The highest BCUT2D eigenvalue weighted by molar-refractivity contribution is 5.58. The second-order valence-corrected chi connectivity index (χ2v) is 4.27. The van der Waals surface area contributed by atoms with E-state index in [1.807, 2.05) is 36.4 Å². The van der Waals surface area contributed by atoms with E-state index in [1.54, 1.807) is 4.68 Å². The second kappa shape index (κ2) is 4.49. The molecule has 0 fully saturated rings. The zero-order valence-corrected chi connectivity index (χ0v) is 10.2. The van der Waals surface area contributed by atoms with Gasteiger partial charge < -0.3 is 0 Å². The fourth-order valence-corrected chi connectivity index (χ4v) is 1.86. The molecule has 3 aromatic rings. The molecule has 0 saturated heterocycles. The lowest BCUT2D eigenvalue weighted by Gasteiger charge is -2.01. The van der Waals surface area contributed by atoms with Gasteiger partial charge in [0.05, 0.1) is 17.6 Å². The maximum absolute atomic E-state index is 4.54. The first-order valence-electron chi connectivity index (χ1n) is 5.93. The van der Waals surface area contributed by atoms with Gasteiger partial charge in [0.25, 0.3) is 0 Å². The van der Waals surface area contributed by atoms with E-state index < -0.39 is 0 Å². The summed E-state index contributed by atoms with van der Waals surface area (Å²) in [4.78, 5) is 0. The van der Waals surface area contributed by atoms with Gasteiger partial charge in [-0.2, -0.15) is 5.10 Å². The number of rotatable bonds is 2. The Morgan fingerprint density at radius 2 is 1.67 bits per heavy atom. The van der Waals surface area contributed by atoms with Gasteiger partial charge >= 0.3 is 0 Å². The molecule has 3 rings (SSSR count). The van der Waals surface area contributed by atoms with Crippen molar-refractivity contribution in [1.82, 2.24) is 9.78 Å². The molecule has 0 N–H and O–H groups in total. The third-order valence-corrected chi connectivity index (χ3v) is 2.88. The quantitative estimate of drug-likeness (QED) is 0.660. The number of nitrogens with zero attached hydrogens (tertiary/aromatic N) is 2. The normalized spacial score (nSPS) is 10.5. The lowest BCUT2D eigenvalue weighted by molar-refractivity contribution is 0.877. The van der Waals surface area contributed by atoms with E-state index in [1.165, 1.54) is 5.56 Å². The van der Waals surface area contributed by atoms with Crippen LogP contribution in [0, 0.1) is 13.1 Å². The highest BCUT2D eigenvalue weighted by atomic mass is 15.3. The number of benzene rings is 2. The van der Waals surface area contributed by atoms with Crippen LogP contribution in [0.15, 0.2) is 60.7 Å². The van der Waals surface area contributed by atoms with Crippen LogP contribution in [-0.4, -0.2) is 9.78 Å². The molecule has 1 aromatic heterocycles. The molecule has 0 amide bonds. The number of aromatic nitrogens is 2. The molecular formula is C16H13N2.